The fraction of sp³-hybridized carbons (Fsp3) is 0.182. The highest BCUT2D eigenvalue weighted by Gasteiger charge is 2.52. The Bertz CT molecular complexity index is 809. The Hall–Kier alpha value is -2.25. The van der Waals surface area contributed by atoms with Crippen molar-refractivity contribution in [3.05, 3.63) is 101 Å². The van der Waals surface area contributed by atoms with Crippen LogP contribution in [0, 0.1) is 0 Å². The molecule has 0 radical (unpaired) electrons. The van der Waals surface area contributed by atoms with Crippen molar-refractivity contribution in [3.8, 4) is 5.75 Å². The third-order valence-corrected chi connectivity index (χ3v) is 5.21. The quantitative estimate of drug-likeness (QED) is 0.567. The number of methoxy groups -OCH3 is 1. The molecule has 1 saturated carbocycles. The van der Waals surface area contributed by atoms with E-state index in [1.54, 1.807) is 7.11 Å². The van der Waals surface area contributed by atoms with E-state index in [0.29, 0.717) is 17.8 Å². The number of hydrogen-bond donors (Lipinski definition) is 0. The molecule has 4 rings (SSSR count). The molecule has 24 heavy (non-hydrogen) atoms. The van der Waals surface area contributed by atoms with Gasteiger partial charge in [0.25, 0.3) is 0 Å². The predicted octanol–water partition coefficient (Wildman–Crippen LogP) is 6.01. The maximum Gasteiger partial charge on any atom is 0.118 e. The van der Waals surface area contributed by atoms with Crippen LogP contribution in [0.4, 0.5) is 0 Å². The molecule has 3 unspecified atom stereocenters. The van der Waals surface area contributed by atoms with Gasteiger partial charge < -0.3 is 4.74 Å². The zero-order chi connectivity index (χ0) is 16.5. The van der Waals surface area contributed by atoms with Crippen LogP contribution < -0.4 is 4.74 Å². The Morgan fingerprint density at radius 2 is 1.08 bits per heavy atom. The van der Waals surface area contributed by atoms with Crippen LogP contribution in [0.1, 0.15) is 34.4 Å². The molecule has 3 atom stereocenters. The van der Waals surface area contributed by atoms with Crippen LogP contribution in [0.15, 0.2) is 78.9 Å². The third-order valence-electron chi connectivity index (χ3n) is 4.96. The van der Waals surface area contributed by atoms with Gasteiger partial charge in [-0.1, -0.05) is 66.2 Å². The van der Waals surface area contributed by atoms with Crippen molar-refractivity contribution in [3.63, 3.8) is 0 Å². The summed E-state index contributed by atoms with van der Waals surface area (Å²) in [6.07, 6.45) is 0. The smallest absolute Gasteiger partial charge is 0.118 e. The second-order valence-electron chi connectivity index (χ2n) is 6.31. The summed E-state index contributed by atoms with van der Waals surface area (Å²) in [4.78, 5) is 0. The highest BCUT2D eigenvalue weighted by molar-refractivity contribution is 6.30. The maximum absolute atomic E-state index is 6.06. The molecule has 2 heteroatoms. The minimum atomic E-state index is 0.498. The molecule has 1 nitrogen and oxygen atoms in total. The molecule has 1 aliphatic rings. The largest absolute Gasteiger partial charge is 0.497 e. The average Bonchev–Trinajstić information content (AvgIpc) is 3.39. The first-order valence-corrected chi connectivity index (χ1v) is 8.60. The monoisotopic (exact) mass is 334 g/mol. The zero-order valence-corrected chi connectivity index (χ0v) is 14.3. The maximum atomic E-state index is 6.06. The lowest BCUT2D eigenvalue weighted by Gasteiger charge is -2.03. The molecule has 0 bridgehead atoms. The first-order chi connectivity index (χ1) is 11.8. The van der Waals surface area contributed by atoms with Crippen molar-refractivity contribution in [1.82, 2.24) is 0 Å². The molecule has 0 heterocycles. The van der Waals surface area contributed by atoms with Crippen molar-refractivity contribution >= 4 is 11.6 Å². The van der Waals surface area contributed by atoms with Gasteiger partial charge in [-0.15, -0.1) is 0 Å². The second-order valence-corrected chi connectivity index (χ2v) is 6.75. The minimum Gasteiger partial charge on any atom is -0.497 e. The van der Waals surface area contributed by atoms with Crippen molar-refractivity contribution in [2.75, 3.05) is 7.11 Å². The Morgan fingerprint density at radius 1 is 0.625 bits per heavy atom. The molecule has 0 N–H and O–H groups in total. The summed E-state index contributed by atoms with van der Waals surface area (Å²) < 4.78 is 5.29. The van der Waals surface area contributed by atoms with Crippen LogP contribution >= 0.6 is 11.6 Å². The van der Waals surface area contributed by atoms with Crippen molar-refractivity contribution < 1.29 is 4.74 Å². The number of ether oxygens (including phenoxy) is 1. The van der Waals surface area contributed by atoms with Gasteiger partial charge in [-0.2, -0.15) is 0 Å². The summed E-state index contributed by atoms with van der Waals surface area (Å²) in [5.74, 6) is 2.41. The van der Waals surface area contributed by atoms with Crippen LogP contribution in [0.25, 0.3) is 0 Å². The van der Waals surface area contributed by atoms with Gasteiger partial charge in [0, 0.05) is 5.02 Å². The van der Waals surface area contributed by atoms with E-state index in [0.717, 1.165) is 10.8 Å². The fourth-order valence-electron chi connectivity index (χ4n) is 3.74. The average molecular weight is 335 g/mol. The molecule has 120 valence electrons. The normalized spacial score (nSPS) is 22.2. The Kier molecular flexibility index (Phi) is 4.03. The van der Waals surface area contributed by atoms with Crippen LogP contribution in [0.5, 0.6) is 5.75 Å². The van der Waals surface area contributed by atoms with Gasteiger partial charge in [0.1, 0.15) is 5.75 Å². The van der Waals surface area contributed by atoms with E-state index in [-0.39, 0.29) is 0 Å². The standard InChI is InChI=1S/C22H19ClO/c1-24-19-13-9-17(10-14-19)22-20(15-5-3-2-4-6-15)21(22)16-7-11-18(23)12-8-16/h2-14,20-22H,1H3. The fourth-order valence-corrected chi connectivity index (χ4v) is 3.87. The summed E-state index contributed by atoms with van der Waals surface area (Å²) in [5, 5.41) is 0.789. The summed E-state index contributed by atoms with van der Waals surface area (Å²) in [7, 11) is 1.70. The van der Waals surface area contributed by atoms with Crippen LogP contribution in [-0.4, -0.2) is 7.11 Å². The SMILES string of the molecule is COc1ccc(C2C(c3ccccc3)C2c2ccc(Cl)cc2)cc1. The highest BCUT2D eigenvalue weighted by atomic mass is 35.5. The highest BCUT2D eigenvalue weighted by Crippen LogP contribution is 2.66. The number of halogens is 1. The predicted molar refractivity (Wildman–Crippen MR) is 99.1 cm³/mol. The molecule has 0 saturated heterocycles. The van der Waals surface area contributed by atoms with Gasteiger partial charge in [0.2, 0.25) is 0 Å². The van der Waals surface area contributed by atoms with Crippen molar-refractivity contribution in [2.24, 2.45) is 0 Å². The van der Waals surface area contributed by atoms with Gasteiger partial charge in [-0.3, -0.25) is 0 Å². The van der Waals surface area contributed by atoms with Gasteiger partial charge in [0.05, 0.1) is 7.11 Å². The number of hydrogen-bond acceptors (Lipinski definition) is 1. The lowest BCUT2D eigenvalue weighted by Crippen LogP contribution is -1.86. The number of rotatable bonds is 4. The Labute approximate surface area is 147 Å². The van der Waals surface area contributed by atoms with Gasteiger partial charge in [-0.25, -0.2) is 0 Å². The first kappa shape index (κ1) is 15.3. The molecule has 0 amide bonds. The first-order valence-electron chi connectivity index (χ1n) is 8.22. The molecule has 0 spiro atoms. The van der Waals surface area contributed by atoms with E-state index in [1.165, 1.54) is 16.7 Å². The lowest BCUT2D eigenvalue weighted by molar-refractivity contribution is 0.414. The molecule has 0 aliphatic heterocycles. The van der Waals surface area contributed by atoms with E-state index >= 15 is 0 Å². The molecule has 3 aromatic carbocycles. The van der Waals surface area contributed by atoms with Crippen LogP contribution in [-0.2, 0) is 0 Å². The summed E-state index contributed by atoms with van der Waals surface area (Å²) in [6, 6.07) is 27.6. The van der Waals surface area contributed by atoms with Crippen LogP contribution in [0.2, 0.25) is 5.02 Å². The lowest BCUT2D eigenvalue weighted by atomic mass is 10.0. The molecule has 1 fully saturated rings. The van der Waals surface area contributed by atoms with Crippen molar-refractivity contribution in [2.45, 2.75) is 17.8 Å². The Morgan fingerprint density at radius 3 is 1.58 bits per heavy atom. The molecular weight excluding hydrogens is 316 g/mol. The van der Waals surface area contributed by atoms with E-state index in [2.05, 4.69) is 66.7 Å². The van der Waals surface area contributed by atoms with E-state index in [9.17, 15) is 0 Å². The topological polar surface area (TPSA) is 9.23 Å². The van der Waals surface area contributed by atoms with E-state index < -0.39 is 0 Å². The molecule has 1 aliphatic carbocycles. The van der Waals surface area contributed by atoms with Crippen LogP contribution in [0.3, 0.4) is 0 Å². The summed E-state index contributed by atoms with van der Waals surface area (Å²) in [5.41, 5.74) is 4.12. The molecular formula is C22H19ClO. The van der Waals surface area contributed by atoms with Gasteiger partial charge >= 0.3 is 0 Å². The Balaban J connectivity index is 1.70. The molecule has 3 aromatic rings. The zero-order valence-electron chi connectivity index (χ0n) is 13.5. The summed E-state index contributed by atoms with van der Waals surface area (Å²) >= 11 is 6.06. The second kappa shape index (κ2) is 6.33. The van der Waals surface area contributed by atoms with Crippen molar-refractivity contribution in [1.29, 1.82) is 0 Å². The summed E-state index contributed by atoms with van der Waals surface area (Å²) in [6.45, 7) is 0. The minimum absolute atomic E-state index is 0.498. The van der Waals surface area contributed by atoms with E-state index in [1.807, 2.05) is 12.1 Å². The van der Waals surface area contributed by atoms with Gasteiger partial charge in [-0.05, 0) is 58.7 Å². The number of benzene rings is 3. The third kappa shape index (κ3) is 2.81. The van der Waals surface area contributed by atoms with E-state index in [4.69, 9.17) is 16.3 Å². The molecule has 0 aromatic heterocycles. The van der Waals surface area contributed by atoms with Gasteiger partial charge in [0.15, 0.2) is 0 Å².